The third-order valence-electron chi connectivity index (χ3n) is 3.39. The average molecular weight is 298 g/mol. The average Bonchev–Trinajstić information content (AvgIpc) is 2.55. The van der Waals surface area contributed by atoms with Crippen LogP contribution in [-0.4, -0.2) is 23.7 Å². The molecule has 1 aliphatic rings. The van der Waals surface area contributed by atoms with Crippen LogP contribution < -0.4 is 4.90 Å². The number of aryl methyl sites for hydroxylation is 1. The summed E-state index contributed by atoms with van der Waals surface area (Å²) in [4.78, 5) is 13.8. The molecule has 17 heavy (non-hydrogen) atoms. The number of aliphatic hydroxyl groups excluding tert-OH is 1. The van der Waals surface area contributed by atoms with Crippen molar-refractivity contribution < 1.29 is 9.90 Å². The Balaban J connectivity index is 2.36. The predicted molar refractivity (Wildman–Crippen MR) is 71.0 cm³/mol. The molecule has 1 aromatic rings. The lowest BCUT2D eigenvalue weighted by atomic mass is 10.0. The van der Waals surface area contributed by atoms with Crippen LogP contribution in [-0.2, 0) is 4.79 Å². The second-order valence-corrected chi connectivity index (χ2v) is 5.46. The van der Waals surface area contributed by atoms with Crippen molar-refractivity contribution in [1.29, 1.82) is 0 Å². The highest BCUT2D eigenvalue weighted by molar-refractivity contribution is 9.10. The van der Waals surface area contributed by atoms with Crippen molar-refractivity contribution >= 4 is 27.5 Å². The molecule has 1 fully saturated rings. The molecule has 1 saturated heterocycles. The van der Waals surface area contributed by atoms with Crippen molar-refractivity contribution in [3.63, 3.8) is 0 Å². The highest BCUT2D eigenvalue weighted by Crippen LogP contribution is 2.35. The number of rotatable bonds is 2. The van der Waals surface area contributed by atoms with Crippen molar-refractivity contribution in [3.05, 3.63) is 28.2 Å². The summed E-state index contributed by atoms with van der Waals surface area (Å²) in [6, 6.07) is 5.99. The van der Waals surface area contributed by atoms with E-state index in [2.05, 4.69) is 15.9 Å². The Labute approximate surface area is 110 Å². The van der Waals surface area contributed by atoms with Gasteiger partial charge in [-0.15, -0.1) is 0 Å². The molecule has 92 valence electrons. The first-order valence-corrected chi connectivity index (χ1v) is 6.53. The van der Waals surface area contributed by atoms with E-state index in [4.69, 9.17) is 0 Å². The minimum atomic E-state index is 0.0377. The number of halogens is 1. The number of nitrogens with zero attached hydrogens (tertiary/aromatic N) is 1. The molecule has 1 N–H and O–H groups in total. The zero-order valence-corrected chi connectivity index (χ0v) is 11.6. The molecule has 0 spiro atoms. The van der Waals surface area contributed by atoms with Gasteiger partial charge >= 0.3 is 0 Å². The van der Waals surface area contributed by atoms with E-state index in [-0.39, 0.29) is 24.5 Å². The summed E-state index contributed by atoms with van der Waals surface area (Å²) in [6.07, 6.45) is 0.429. The van der Waals surface area contributed by atoms with Crippen molar-refractivity contribution in [3.8, 4) is 0 Å². The molecule has 0 radical (unpaired) electrons. The van der Waals surface area contributed by atoms with Crippen molar-refractivity contribution in [2.24, 2.45) is 5.92 Å². The first-order valence-electron chi connectivity index (χ1n) is 5.73. The van der Waals surface area contributed by atoms with Gasteiger partial charge < -0.3 is 10.0 Å². The van der Waals surface area contributed by atoms with E-state index in [0.717, 1.165) is 15.7 Å². The molecule has 1 heterocycles. The number of aliphatic hydroxyl groups is 1. The highest BCUT2D eigenvalue weighted by Gasteiger charge is 2.37. The van der Waals surface area contributed by atoms with Gasteiger partial charge in [-0.3, -0.25) is 4.79 Å². The van der Waals surface area contributed by atoms with Gasteiger partial charge in [0, 0.05) is 29.5 Å². The maximum Gasteiger partial charge on any atom is 0.227 e. The summed E-state index contributed by atoms with van der Waals surface area (Å²) in [5.41, 5.74) is 2.04. The van der Waals surface area contributed by atoms with Crippen molar-refractivity contribution in [2.75, 3.05) is 11.5 Å². The quantitative estimate of drug-likeness (QED) is 0.911. The molecule has 2 atom stereocenters. The van der Waals surface area contributed by atoms with Crippen LogP contribution in [0.5, 0.6) is 0 Å². The monoisotopic (exact) mass is 297 g/mol. The fraction of sp³-hybridized carbons (Fsp3) is 0.462. The molecule has 0 bridgehead atoms. The molecule has 4 heteroatoms. The maximum absolute atomic E-state index is 12.0. The molecule has 3 nitrogen and oxygen atoms in total. The zero-order valence-electron chi connectivity index (χ0n) is 9.98. The van der Waals surface area contributed by atoms with Crippen LogP contribution >= 0.6 is 15.9 Å². The van der Waals surface area contributed by atoms with Crippen molar-refractivity contribution in [1.82, 2.24) is 0 Å². The molecular weight excluding hydrogens is 282 g/mol. The summed E-state index contributed by atoms with van der Waals surface area (Å²) < 4.78 is 0.927. The van der Waals surface area contributed by atoms with Crippen LogP contribution in [0.4, 0.5) is 5.69 Å². The van der Waals surface area contributed by atoms with Gasteiger partial charge in [0.05, 0.1) is 5.69 Å². The van der Waals surface area contributed by atoms with Gasteiger partial charge in [-0.05, 0) is 47.5 Å². The number of hydrogen-bond acceptors (Lipinski definition) is 2. The lowest BCUT2D eigenvalue weighted by Crippen LogP contribution is -2.33. The van der Waals surface area contributed by atoms with Crippen LogP contribution in [0.1, 0.15) is 18.9 Å². The molecule has 2 unspecified atom stereocenters. The van der Waals surface area contributed by atoms with Gasteiger partial charge in [0.2, 0.25) is 5.91 Å². The first kappa shape index (κ1) is 12.6. The van der Waals surface area contributed by atoms with Crippen LogP contribution in [0.2, 0.25) is 0 Å². The van der Waals surface area contributed by atoms with Crippen LogP contribution in [0.25, 0.3) is 0 Å². The Bertz CT molecular complexity index is 447. The molecule has 0 saturated carbocycles. The fourth-order valence-corrected chi connectivity index (χ4v) is 2.99. The molecule has 1 amide bonds. The Hall–Kier alpha value is -0.870. The van der Waals surface area contributed by atoms with Gasteiger partial charge in [-0.2, -0.15) is 0 Å². The standard InChI is InChI=1S/C13H16BrNO2/c1-8-3-4-12(11(14)5-8)15-9(2)10(7-16)6-13(15)17/h3-5,9-10,16H,6-7H2,1-2H3. The minimum absolute atomic E-state index is 0.0377. The zero-order chi connectivity index (χ0) is 12.6. The predicted octanol–water partition coefficient (Wildman–Crippen LogP) is 2.49. The van der Waals surface area contributed by atoms with E-state index in [9.17, 15) is 9.90 Å². The number of anilines is 1. The SMILES string of the molecule is Cc1ccc(N2C(=O)CC(CO)C2C)c(Br)c1. The highest BCUT2D eigenvalue weighted by atomic mass is 79.9. The topological polar surface area (TPSA) is 40.5 Å². The minimum Gasteiger partial charge on any atom is -0.396 e. The lowest BCUT2D eigenvalue weighted by Gasteiger charge is -2.25. The van der Waals surface area contributed by atoms with Gasteiger partial charge in [-0.25, -0.2) is 0 Å². The van der Waals surface area contributed by atoms with Gasteiger partial charge in [0.15, 0.2) is 0 Å². The van der Waals surface area contributed by atoms with E-state index < -0.39 is 0 Å². The largest absolute Gasteiger partial charge is 0.396 e. The Morgan fingerprint density at radius 1 is 1.53 bits per heavy atom. The summed E-state index contributed by atoms with van der Waals surface area (Å²) in [7, 11) is 0. The van der Waals surface area contributed by atoms with Crippen LogP contribution in [0.15, 0.2) is 22.7 Å². The Kier molecular flexibility index (Phi) is 3.54. The maximum atomic E-state index is 12.0. The van der Waals surface area contributed by atoms with E-state index in [1.54, 1.807) is 4.90 Å². The third kappa shape index (κ3) is 2.24. The van der Waals surface area contributed by atoms with Crippen molar-refractivity contribution in [2.45, 2.75) is 26.3 Å². The number of carbonyl (C=O) groups is 1. The van der Waals surface area contributed by atoms with Gasteiger partial charge in [-0.1, -0.05) is 6.07 Å². The molecule has 0 aliphatic carbocycles. The molecule has 0 aromatic heterocycles. The van der Waals surface area contributed by atoms with E-state index in [1.165, 1.54) is 0 Å². The second kappa shape index (κ2) is 4.78. The number of hydrogen-bond donors (Lipinski definition) is 1. The summed E-state index contributed by atoms with van der Waals surface area (Å²) >= 11 is 3.50. The molecule has 2 rings (SSSR count). The number of amides is 1. The van der Waals surface area contributed by atoms with Crippen LogP contribution in [0, 0.1) is 12.8 Å². The Morgan fingerprint density at radius 2 is 2.24 bits per heavy atom. The first-order chi connectivity index (χ1) is 8.04. The molecule has 1 aliphatic heterocycles. The third-order valence-corrected chi connectivity index (χ3v) is 4.03. The van der Waals surface area contributed by atoms with E-state index in [0.29, 0.717) is 6.42 Å². The Morgan fingerprint density at radius 3 is 2.76 bits per heavy atom. The second-order valence-electron chi connectivity index (χ2n) is 4.61. The van der Waals surface area contributed by atoms with Gasteiger partial charge in [0.1, 0.15) is 0 Å². The van der Waals surface area contributed by atoms with E-state index >= 15 is 0 Å². The number of benzene rings is 1. The summed E-state index contributed by atoms with van der Waals surface area (Å²) in [6.45, 7) is 4.06. The summed E-state index contributed by atoms with van der Waals surface area (Å²) in [5, 5.41) is 9.24. The fourth-order valence-electron chi connectivity index (χ4n) is 2.31. The molecular formula is C13H16BrNO2. The number of carbonyl (C=O) groups excluding carboxylic acids is 1. The lowest BCUT2D eigenvalue weighted by molar-refractivity contribution is -0.117. The van der Waals surface area contributed by atoms with E-state index in [1.807, 2.05) is 32.0 Å². The normalized spacial score (nSPS) is 24.5. The van der Waals surface area contributed by atoms with Crippen LogP contribution in [0.3, 0.4) is 0 Å². The summed E-state index contributed by atoms with van der Waals surface area (Å²) in [5.74, 6) is 0.122. The smallest absolute Gasteiger partial charge is 0.227 e. The molecule has 1 aromatic carbocycles. The van der Waals surface area contributed by atoms with Gasteiger partial charge in [0.25, 0.3) is 0 Å².